The lowest BCUT2D eigenvalue weighted by atomic mass is 10.0. The first-order valence-corrected chi connectivity index (χ1v) is 3.98. The van der Waals surface area contributed by atoms with E-state index in [1.54, 1.807) is 13.0 Å². The van der Waals surface area contributed by atoms with Crippen LogP contribution in [0.4, 0.5) is 0 Å². The van der Waals surface area contributed by atoms with Crippen LogP contribution in [-0.4, -0.2) is 0 Å². The summed E-state index contributed by atoms with van der Waals surface area (Å²) in [7, 11) is 0. The van der Waals surface area contributed by atoms with Gasteiger partial charge in [-0.1, -0.05) is 31.2 Å². The smallest absolute Gasteiger partial charge is 0.0944 e. The fraction of sp³-hybridized carbons (Fsp3) is 0.364. The van der Waals surface area contributed by atoms with Crippen molar-refractivity contribution in [3.63, 3.8) is 0 Å². The van der Waals surface area contributed by atoms with Crippen LogP contribution < -0.4 is 0 Å². The van der Waals surface area contributed by atoms with Gasteiger partial charge in [-0.05, 0) is 25.8 Å². The SMILES string of the molecule is C=C(C)C(C)/C=C\C=C(/C)C#N. The second-order valence-corrected chi connectivity index (χ2v) is 2.98. The first-order chi connectivity index (χ1) is 5.57. The van der Waals surface area contributed by atoms with Gasteiger partial charge in [-0.2, -0.15) is 5.26 Å². The Morgan fingerprint density at radius 2 is 2.08 bits per heavy atom. The van der Waals surface area contributed by atoms with Crippen molar-refractivity contribution in [2.75, 3.05) is 0 Å². The molecule has 0 radical (unpaired) electrons. The molecule has 1 heteroatoms. The Labute approximate surface area is 74.7 Å². The fourth-order valence-corrected chi connectivity index (χ4v) is 0.568. The van der Waals surface area contributed by atoms with Gasteiger partial charge in [-0.3, -0.25) is 0 Å². The predicted octanol–water partition coefficient (Wildman–Crippen LogP) is 3.22. The first kappa shape index (κ1) is 10.7. The summed E-state index contributed by atoms with van der Waals surface area (Å²) in [5.41, 5.74) is 1.86. The van der Waals surface area contributed by atoms with Crippen molar-refractivity contribution in [1.82, 2.24) is 0 Å². The molecule has 0 aromatic rings. The Bertz CT molecular complexity index is 251. The highest BCUT2D eigenvalue weighted by atomic mass is 14.2. The minimum absolute atomic E-state index is 0.382. The molecule has 0 saturated carbocycles. The summed E-state index contributed by atoms with van der Waals surface area (Å²) in [5.74, 6) is 0.382. The number of hydrogen-bond acceptors (Lipinski definition) is 1. The average molecular weight is 161 g/mol. The monoisotopic (exact) mass is 161 g/mol. The zero-order valence-corrected chi connectivity index (χ0v) is 7.96. The van der Waals surface area contributed by atoms with Crippen molar-refractivity contribution < 1.29 is 0 Å². The molecule has 0 rings (SSSR count). The molecule has 0 aromatic carbocycles. The third-order valence-corrected chi connectivity index (χ3v) is 1.70. The summed E-state index contributed by atoms with van der Waals surface area (Å²) in [6.45, 7) is 9.70. The fourth-order valence-electron chi connectivity index (χ4n) is 0.568. The Balaban J connectivity index is 4.11. The number of allylic oxidation sites excluding steroid dienone is 5. The van der Waals surface area contributed by atoms with Crippen molar-refractivity contribution in [2.24, 2.45) is 5.92 Å². The molecule has 0 spiro atoms. The van der Waals surface area contributed by atoms with Crippen LogP contribution in [0.3, 0.4) is 0 Å². The molecule has 0 aliphatic heterocycles. The zero-order chi connectivity index (χ0) is 9.56. The quantitative estimate of drug-likeness (QED) is 0.354. The molecule has 0 aromatic heterocycles. The van der Waals surface area contributed by atoms with E-state index in [9.17, 15) is 0 Å². The number of nitriles is 1. The summed E-state index contributed by atoms with van der Waals surface area (Å²) in [4.78, 5) is 0. The molecule has 64 valence electrons. The standard InChI is InChI=1S/C11H15N/c1-9(2)11(4)7-5-6-10(3)8-12/h5-7,11H,1H2,2-4H3/b7-5-,10-6+. The van der Waals surface area contributed by atoms with Crippen molar-refractivity contribution in [3.8, 4) is 6.07 Å². The largest absolute Gasteiger partial charge is 0.193 e. The Morgan fingerprint density at radius 1 is 1.50 bits per heavy atom. The van der Waals surface area contributed by atoms with E-state index in [0.717, 1.165) is 11.1 Å². The molecule has 0 fully saturated rings. The summed E-state index contributed by atoms with van der Waals surface area (Å²) >= 11 is 0. The Hall–Kier alpha value is -1.29. The maximum atomic E-state index is 8.44. The molecule has 0 saturated heterocycles. The zero-order valence-electron chi connectivity index (χ0n) is 7.96. The minimum Gasteiger partial charge on any atom is -0.193 e. The number of nitrogens with zero attached hydrogens (tertiary/aromatic N) is 1. The maximum Gasteiger partial charge on any atom is 0.0944 e. The lowest BCUT2D eigenvalue weighted by Crippen LogP contribution is -1.87. The molecule has 1 nitrogen and oxygen atoms in total. The highest BCUT2D eigenvalue weighted by Crippen LogP contribution is 2.08. The maximum absolute atomic E-state index is 8.44. The average Bonchev–Trinajstić information content (AvgIpc) is 2.03. The topological polar surface area (TPSA) is 23.8 Å². The van der Waals surface area contributed by atoms with Crippen LogP contribution >= 0.6 is 0 Å². The van der Waals surface area contributed by atoms with Crippen molar-refractivity contribution in [3.05, 3.63) is 36.0 Å². The van der Waals surface area contributed by atoms with Gasteiger partial charge in [0.15, 0.2) is 0 Å². The van der Waals surface area contributed by atoms with Crippen LogP contribution in [0.5, 0.6) is 0 Å². The summed E-state index contributed by atoms with van der Waals surface area (Å²) in [5, 5.41) is 8.44. The second kappa shape index (κ2) is 5.37. The van der Waals surface area contributed by atoms with E-state index in [2.05, 4.69) is 19.6 Å². The third kappa shape index (κ3) is 4.51. The van der Waals surface area contributed by atoms with Gasteiger partial charge >= 0.3 is 0 Å². The van der Waals surface area contributed by atoms with Gasteiger partial charge in [-0.15, -0.1) is 0 Å². The molecule has 0 aliphatic rings. The van der Waals surface area contributed by atoms with Crippen molar-refractivity contribution >= 4 is 0 Å². The van der Waals surface area contributed by atoms with Gasteiger partial charge in [0.2, 0.25) is 0 Å². The lowest BCUT2D eigenvalue weighted by molar-refractivity contribution is 0.868. The van der Waals surface area contributed by atoms with Gasteiger partial charge in [0.25, 0.3) is 0 Å². The highest BCUT2D eigenvalue weighted by Gasteiger charge is 1.93. The molecular weight excluding hydrogens is 146 g/mol. The van der Waals surface area contributed by atoms with Crippen LogP contribution in [0.2, 0.25) is 0 Å². The summed E-state index contributed by atoms with van der Waals surface area (Å²) < 4.78 is 0. The van der Waals surface area contributed by atoms with Gasteiger partial charge in [0.05, 0.1) is 6.07 Å². The molecule has 1 atom stereocenters. The minimum atomic E-state index is 0.382. The molecule has 0 N–H and O–H groups in total. The predicted molar refractivity (Wildman–Crippen MR) is 52.5 cm³/mol. The van der Waals surface area contributed by atoms with Crippen molar-refractivity contribution in [1.29, 1.82) is 5.26 Å². The van der Waals surface area contributed by atoms with Crippen LogP contribution in [0.1, 0.15) is 20.8 Å². The van der Waals surface area contributed by atoms with Gasteiger partial charge in [0, 0.05) is 5.57 Å². The van der Waals surface area contributed by atoms with Crippen LogP contribution in [0, 0.1) is 17.2 Å². The van der Waals surface area contributed by atoms with Crippen LogP contribution in [0.25, 0.3) is 0 Å². The van der Waals surface area contributed by atoms with E-state index in [0.29, 0.717) is 5.92 Å². The van der Waals surface area contributed by atoms with E-state index >= 15 is 0 Å². The Morgan fingerprint density at radius 3 is 2.50 bits per heavy atom. The number of rotatable bonds is 3. The molecule has 0 heterocycles. The third-order valence-electron chi connectivity index (χ3n) is 1.70. The normalized spacial score (nSPS) is 14.3. The number of hydrogen-bond donors (Lipinski definition) is 0. The van der Waals surface area contributed by atoms with Crippen LogP contribution in [0.15, 0.2) is 36.0 Å². The Kier molecular flexibility index (Phi) is 4.79. The molecule has 1 unspecified atom stereocenters. The van der Waals surface area contributed by atoms with E-state index in [-0.39, 0.29) is 0 Å². The first-order valence-electron chi connectivity index (χ1n) is 3.98. The van der Waals surface area contributed by atoms with Gasteiger partial charge < -0.3 is 0 Å². The summed E-state index contributed by atoms with van der Waals surface area (Å²) in [6.07, 6.45) is 5.74. The van der Waals surface area contributed by atoms with Crippen LogP contribution in [-0.2, 0) is 0 Å². The van der Waals surface area contributed by atoms with Gasteiger partial charge in [-0.25, -0.2) is 0 Å². The van der Waals surface area contributed by atoms with E-state index in [4.69, 9.17) is 5.26 Å². The molecule has 0 aliphatic carbocycles. The van der Waals surface area contributed by atoms with Gasteiger partial charge in [0.1, 0.15) is 0 Å². The van der Waals surface area contributed by atoms with E-state index in [1.165, 1.54) is 0 Å². The van der Waals surface area contributed by atoms with E-state index < -0.39 is 0 Å². The molecule has 12 heavy (non-hydrogen) atoms. The van der Waals surface area contributed by atoms with E-state index in [1.807, 2.05) is 19.1 Å². The van der Waals surface area contributed by atoms with Crippen molar-refractivity contribution in [2.45, 2.75) is 20.8 Å². The second-order valence-electron chi connectivity index (χ2n) is 2.98. The molecular formula is C11H15N. The highest BCUT2D eigenvalue weighted by molar-refractivity contribution is 5.24. The molecule has 0 bridgehead atoms. The molecule has 0 amide bonds. The lowest BCUT2D eigenvalue weighted by Gasteiger charge is -2.01. The summed E-state index contributed by atoms with van der Waals surface area (Å²) in [6, 6.07) is 2.06.